The number of aliphatic carboxylic acids is 1. The number of ether oxygens (including phenoxy) is 1. The summed E-state index contributed by atoms with van der Waals surface area (Å²) < 4.78 is 5.49. The van der Waals surface area contributed by atoms with Gasteiger partial charge in [0.2, 0.25) is 0 Å². The summed E-state index contributed by atoms with van der Waals surface area (Å²) >= 11 is 12.0. The van der Waals surface area contributed by atoms with Crippen LogP contribution in [0.1, 0.15) is 11.1 Å². The molecule has 0 aliphatic rings. The molecule has 0 fully saturated rings. The molecule has 0 aromatic heterocycles. The maximum atomic E-state index is 11.3. The molecular weight excluding hydrogens is 311 g/mol. The van der Waals surface area contributed by atoms with Gasteiger partial charge in [-0.15, -0.1) is 0 Å². The van der Waals surface area contributed by atoms with E-state index >= 15 is 0 Å². The minimum Gasteiger partial charge on any atom is -0.479 e. The van der Waals surface area contributed by atoms with E-state index in [1.165, 1.54) is 0 Å². The second kappa shape index (κ2) is 7.46. The number of carbonyl (C=O) groups is 1. The van der Waals surface area contributed by atoms with Gasteiger partial charge in [-0.05, 0) is 17.2 Å². The summed E-state index contributed by atoms with van der Waals surface area (Å²) in [7, 11) is 0. The Bertz CT molecular complexity index is 614. The van der Waals surface area contributed by atoms with Crippen molar-refractivity contribution in [1.29, 1.82) is 0 Å². The number of benzene rings is 2. The van der Waals surface area contributed by atoms with Crippen LogP contribution >= 0.6 is 23.2 Å². The molecule has 2 aromatic rings. The van der Waals surface area contributed by atoms with Gasteiger partial charge in [-0.1, -0.05) is 65.7 Å². The fourth-order valence-corrected chi connectivity index (χ4v) is 2.29. The van der Waals surface area contributed by atoms with Crippen molar-refractivity contribution in [2.24, 2.45) is 0 Å². The summed E-state index contributed by atoms with van der Waals surface area (Å²) in [4.78, 5) is 11.3. The van der Waals surface area contributed by atoms with Gasteiger partial charge in [0.15, 0.2) is 6.10 Å². The zero-order chi connectivity index (χ0) is 15.2. The molecule has 0 bridgehead atoms. The Kier molecular flexibility index (Phi) is 5.62. The molecule has 0 aliphatic carbocycles. The largest absolute Gasteiger partial charge is 0.479 e. The molecule has 1 atom stereocenters. The van der Waals surface area contributed by atoms with E-state index in [-0.39, 0.29) is 13.0 Å². The van der Waals surface area contributed by atoms with Crippen LogP contribution in [-0.4, -0.2) is 17.2 Å². The Labute approximate surface area is 133 Å². The average Bonchev–Trinajstić information content (AvgIpc) is 2.48. The molecule has 110 valence electrons. The zero-order valence-electron chi connectivity index (χ0n) is 11.1. The van der Waals surface area contributed by atoms with Crippen LogP contribution in [-0.2, 0) is 22.6 Å². The first kappa shape index (κ1) is 15.8. The van der Waals surface area contributed by atoms with Crippen molar-refractivity contribution in [1.82, 2.24) is 0 Å². The van der Waals surface area contributed by atoms with Crippen LogP contribution in [0.15, 0.2) is 48.5 Å². The van der Waals surface area contributed by atoms with Gasteiger partial charge in [-0.25, -0.2) is 4.79 Å². The van der Waals surface area contributed by atoms with Crippen molar-refractivity contribution >= 4 is 29.2 Å². The highest BCUT2D eigenvalue weighted by molar-refractivity contribution is 6.42. The topological polar surface area (TPSA) is 46.5 Å². The summed E-state index contributed by atoms with van der Waals surface area (Å²) in [5.41, 5.74) is 1.57. The standard InChI is InChI=1S/C16H14Cl2O3/c17-13-8-4-7-12(15(13)18)9-14(16(19)20)21-10-11-5-2-1-3-6-11/h1-8,14H,9-10H2,(H,19,20)/t14-/m0/s1. The second-order valence-corrected chi connectivity index (χ2v) is 5.33. The van der Waals surface area contributed by atoms with Crippen molar-refractivity contribution in [2.75, 3.05) is 0 Å². The summed E-state index contributed by atoms with van der Waals surface area (Å²) in [6.45, 7) is 0.232. The second-order valence-electron chi connectivity index (χ2n) is 4.54. The van der Waals surface area contributed by atoms with Crippen LogP contribution in [0.3, 0.4) is 0 Å². The first-order valence-electron chi connectivity index (χ1n) is 6.39. The number of hydrogen-bond acceptors (Lipinski definition) is 2. The van der Waals surface area contributed by atoms with Crippen LogP contribution in [0.4, 0.5) is 0 Å². The molecule has 0 saturated carbocycles. The van der Waals surface area contributed by atoms with Gasteiger partial charge < -0.3 is 9.84 Å². The third kappa shape index (κ3) is 4.46. The summed E-state index contributed by atoms with van der Waals surface area (Å²) in [5.74, 6) is -1.03. The molecule has 1 N–H and O–H groups in total. The smallest absolute Gasteiger partial charge is 0.333 e. The van der Waals surface area contributed by atoms with Crippen LogP contribution in [0.5, 0.6) is 0 Å². The van der Waals surface area contributed by atoms with Gasteiger partial charge in [0.1, 0.15) is 0 Å². The average molecular weight is 325 g/mol. The summed E-state index contributed by atoms with van der Waals surface area (Å²) in [5, 5.41) is 10.0. The van der Waals surface area contributed by atoms with E-state index in [1.54, 1.807) is 18.2 Å². The fraction of sp³-hybridized carbons (Fsp3) is 0.188. The molecule has 0 saturated heterocycles. The van der Waals surface area contributed by atoms with Gasteiger partial charge in [-0.3, -0.25) is 0 Å². The molecule has 0 unspecified atom stereocenters. The lowest BCUT2D eigenvalue weighted by atomic mass is 10.1. The maximum absolute atomic E-state index is 11.3. The van der Waals surface area contributed by atoms with E-state index in [0.29, 0.717) is 15.6 Å². The zero-order valence-corrected chi connectivity index (χ0v) is 12.6. The van der Waals surface area contributed by atoms with Crippen molar-refractivity contribution in [3.05, 3.63) is 69.7 Å². The molecule has 2 aromatic carbocycles. The molecule has 2 rings (SSSR count). The third-order valence-corrected chi connectivity index (χ3v) is 3.86. The number of halogens is 2. The van der Waals surface area contributed by atoms with Crippen LogP contribution in [0.2, 0.25) is 10.0 Å². The first-order valence-corrected chi connectivity index (χ1v) is 7.14. The molecular formula is C16H14Cl2O3. The van der Waals surface area contributed by atoms with Crippen LogP contribution < -0.4 is 0 Å². The predicted molar refractivity (Wildman–Crippen MR) is 82.8 cm³/mol. The van der Waals surface area contributed by atoms with Crippen LogP contribution in [0.25, 0.3) is 0 Å². The maximum Gasteiger partial charge on any atom is 0.333 e. The number of carboxylic acids is 1. The quantitative estimate of drug-likeness (QED) is 0.865. The first-order chi connectivity index (χ1) is 10.1. The SMILES string of the molecule is O=C(O)[C@H](Cc1cccc(Cl)c1Cl)OCc1ccccc1. The lowest BCUT2D eigenvalue weighted by molar-refractivity contribution is -0.151. The van der Waals surface area contributed by atoms with Gasteiger partial charge in [0.05, 0.1) is 16.7 Å². The van der Waals surface area contributed by atoms with E-state index in [0.717, 1.165) is 5.56 Å². The summed E-state index contributed by atoms with van der Waals surface area (Å²) in [6.07, 6.45) is -0.803. The van der Waals surface area contributed by atoms with Gasteiger partial charge in [0, 0.05) is 6.42 Å². The highest BCUT2D eigenvalue weighted by atomic mass is 35.5. The van der Waals surface area contributed by atoms with Gasteiger partial charge >= 0.3 is 5.97 Å². The van der Waals surface area contributed by atoms with Crippen molar-refractivity contribution in [3.8, 4) is 0 Å². The Morgan fingerprint density at radius 2 is 1.81 bits per heavy atom. The number of rotatable bonds is 6. The lowest BCUT2D eigenvalue weighted by Crippen LogP contribution is -2.26. The lowest BCUT2D eigenvalue weighted by Gasteiger charge is -2.15. The number of hydrogen-bond donors (Lipinski definition) is 1. The highest BCUT2D eigenvalue weighted by Crippen LogP contribution is 2.27. The Hall–Kier alpha value is -1.55. The van der Waals surface area contributed by atoms with E-state index in [9.17, 15) is 9.90 Å². The van der Waals surface area contributed by atoms with Crippen molar-refractivity contribution in [2.45, 2.75) is 19.1 Å². The Morgan fingerprint density at radius 3 is 2.48 bits per heavy atom. The van der Waals surface area contributed by atoms with Crippen molar-refractivity contribution in [3.63, 3.8) is 0 Å². The third-order valence-electron chi connectivity index (χ3n) is 3.01. The fourth-order valence-electron chi connectivity index (χ4n) is 1.89. The van der Waals surface area contributed by atoms with E-state index in [2.05, 4.69) is 0 Å². The minimum absolute atomic E-state index is 0.168. The van der Waals surface area contributed by atoms with Crippen molar-refractivity contribution < 1.29 is 14.6 Å². The van der Waals surface area contributed by atoms with Gasteiger partial charge in [0.25, 0.3) is 0 Å². The number of carboxylic acid groups (broad SMARTS) is 1. The minimum atomic E-state index is -1.03. The molecule has 3 nitrogen and oxygen atoms in total. The molecule has 0 heterocycles. The predicted octanol–water partition coefficient (Wildman–Crippen LogP) is 4.21. The van der Waals surface area contributed by atoms with E-state index in [4.69, 9.17) is 27.9 Å². The molecule has 0 amide bonds. The van der Waals surface area contributed by atoms with E-state index in [1.807, 2.05) is 30.3 Å². The Morgan fingerprint density at radius 1 is 1.10 bits per heavy atom. The molecule has 0 spiro atoms. The molecule has 0 aliphatic heterocycles. The monoisotopic (exact) mass is 324 g/mol. The highest BCUT2D eigenvalue weighted by Gasteiger charge is 2.20. The van der Waals surface area contributed by atoms with E-state index < -0.39 is 12.1 Å². The molecule has 0 radical (unpaired) electrons. The molecule has 21 heavy (non-hydrogen) atoms. The molecule has 5 heteroatoms. The Balaban J connectivity index is 2.06. The van der Waals surface area contributed by atoms with Gasteiger partial charge in [-0.2, -0.15) is 0 Å². The summed E-state index contributed by atoms with van der Waals surface area (Å²) in [6, 6.07) is 14.6. The normalized spacial score (nSPS) is 12.1. The van der Waals surface area contributed by atoms with Crippen LogP contribution in [0, 0.1) is 0 Å².